The summed E-state index contributed by atoms with van der Waals surface area (Å²) >= 11 is 0. The number of hydrogen-bond acceptors (Lipinski definition) is 4. The van der Waals surface area contributed by atoms with Gasteiger partial charge < -0.3 is 9.47 Å². The Hall–Kier alpha value is -2.58. The number of methoxy groups -OCH3 is 2. The lowest BCUT2D eigenvalue weighted by molar-refractivity contribution is 0.129. The van der Waals surface area contributed by atoms with E-state index in [9.17, 15) is 4.79 Å². The minimum Gasteiger partial charge on any atom is -0.496 e. The van der Waals surface area contributed by atoms with Gasteiger partial charge in [0.1, 0.15) is 24.1 Å². The molecule has 1 aromatic carbocycles. The second-order valence-electron chi connectivity index (χ2n) is 4.10. The highest BCUT2D eigenvalue weighted by molar-refractivity contribution is 5.67. The molecule has 0 atom stereocenters. The first-order valence-corrected chi connectivity index (χ1v) is 5.99. The van der Waals surface area contributed by atoms with Crippen molar-refractivity contribution in [2.45, 2.75) is 6.73 Å². The van der Waals surface area contributed by atoms with Gasteiger partial charge in [0.25, 0.3) is 5.56 Å². The van der Waals surface area contributed by atoms with Crippen molar-refractivity contribution >= 4 is 0 Å². The minimum atomic E-state index is -0.377. The molecule has 0 bridgehead atoms. The molecule has 0 spiro atoms. The number of nitrogens with zero attached hydrogens (tertiary/aromatic N) is 2. The van der Waals surface area contributed by atoms with Crippen LogP contribution in [0, 0.1) is 11.3 Å². The first-order valence-electron chi connectivity index (χ1n) is 5.99. The molecular weight excluding hydrogens is 256 g/mol. The van der Waals surface area contributed by atoms with Crippen molar-refractivity contribution in [1.29, 1.82) is 5.26 Å². The zero-order valence-corrected chi connectivity index (χ0v) is 11.3. The third kappa shape index (κ3) is 2.42. The maximum absolute atomic E-state index is 12.2. The van der Waals surface area contributed by atoms with Crippen LogP contribution in [0.2, 0.25) is 0 Å². The largest absolute Gasteiger partial charge is 0.496 e. The molecule has 0 radical (unpaired) electrons. The lowest BCUT2D eigenvalue weighted by Gasteiger charge is -2.14. The van der Waals surface area contributed by atoms with Crippen LogP contribution in [0.3, 0.4) is 0 Å². The van der Waals surface area contributed by atoms with E-state index in [4.69, 9.17) is 14.7 Å². The Morgan fingerprint density at radius 1 is 1.20 bits per heavy atom. The number of benzene rings is 1. The number of ether oxygens (including phenoxy) is 2. The number of nitriles is 1. The van der Waals surface area contributed by atoms with Crippen LogP contribution in [0.5, 0.6) is 5.75 Å². The molecule has 0 aliphatic carbocycles. The molecule has 0 fully saturated rings. The van der Waals surface area contributed by atoms with Crippen LogP contribution in [-0.4, -0.2) is 18.8 Å². The van der Waals surface area contributed by atoms with Crippen LogP contribution in [0.4, 0.5) is 0 Å². The summed E-state index contributed by atoms with van der Waals surface area (Å²) in [5.41, 5.74) is 1.13. The summed E-state index contributed by atoms with van der Waals surface area (Å²) in [6.45, 7) is 0.0712. The quantitative estimate of drug-likeness (QED) is 0.852. The normalized spacial score (nSPS) is 10.1. The van der Waals surface area contributed by atoms with Crippen molar-refractivity contribution < 1.29 is 9.47 Å². The van der Waals surface area contributed by atoms with E-state index in [2.05, 4.69) is 0 Å². The predicted octanol–water partition coefficient (Wildman–Crippen LogP) is 2.00. The van der Waals surface area contributed by atoms with E-state index in [0.717, 1.165) is 5.56 Å². The zero-order chi connectivity index (χ0) is 14.5. The van der Waals surface area contributed by atoms with E-state index in [0.29, 0.717) is 11.4 Å². The lowest BCUT2D eigenvalue weighted by atomic mass is 10.1. The Balaban J connectivity index is 2.71. The maximum Gasteiger partial charge on any atom is 0.270 e. The van der Waals surface area contributed by atoms with Gasteiger partial charge in [-0.25, -0.2) is 0 Å². The molecule has 1 heterocycles. The van der Waals surface area contributed by atoms with Crippen LogP contribution < -0.4 is 10.3 Å². The first-order chi connectivity index (χ1) is 9.72. The van der Waals surface area contributed by atoms with E-state index < -0.39 is 0 Å². The molecule has 1 aromatic heterocycles. The summed E-state index contributed by atoms with van der Waals surface area (Å²) in [4.78, 5) is 12.2. The van der Waals surface area contributed by atoms with Gasteiger partial charge in [0.2, 0.25) is 0 Å². The summed E-state index contributed by atoms with van der Waals surface area (Å²) < 4.78 is 11.8. The minimum absolute atomic E-state index is 0.0712. The van der Waals surface area contributed by atoms with Gasteiger partial charge in [-0.05, 0) is 24.3 Å². The van der Waals surface area contributed by atoms with Gasteiger partial charge in [0.05, 0.1) is 12.8 Å². The van der Waals surface area contributed by atoms with Gasteiger partial charge in [-0.2, -0.15) is 5.26 Å². The van der Waals surface area contributed by atoms with Crippen LogP contribution >= 0.6 is 0 Å². The van der Waals surface area contributed by atoms with Crippen LogP contribution in [0.25, 0.3) is 11.3 Å². The second-order valence-corrected chi connectivity index (χ2v) is 4.10. The van der Waals surface area contributed by atoms with E-state index in [-0.39, 0.29) is 17.9 Å². The van der Waals surface area contributed by atoms with Crippen molar-refractivity contribution in [1.82, 2.24) is 4.57 Å². The van der Waals surface area contributed by atoms with E-state index >= 15 is 0 Å². The van der Waals surface area contributed by atoms with Crippen LogP contribution in [0.15, 0.2) is 41.2 Å². The molecule has 0 aliphatic heterocycles. The standard InChI is InChI=1S/C15H14N2O3/c1-19-10-17-13(8-7-11(9-16)15(17)18)12-5-3-4-6-14(12)20-2/h3-8H,10H2,1-2H3. The van der Waals surface area contributed by atoms with E-state index in [1.807, 2.05) is 30.3 Å². The summed E-state index contributed by atoms with van der Waals surface area (Å²) in [5, 5.41) is 8.94. The van der Waals surface area contributed by atoms with Gasteiger partial charge >= 0.3 is 0 Å². The van der Waals surface area contributed by atoms with Crippen molar-refractivity contribution in [3.05, 3.63) is 52.3 Å². The van der Waals surface area contributed by atoms with Crippen LogP contribution in [-0.2, 0) is 11.5 Å². The molecule has 0 amide bonds. The Labute approximate surface area is 116 Å². The van der Waals surface area contributed by atoms with Gasteiger partial charge in [0, 0.05) is 12.7 Å². The number of aromatic nitrogens is 1. The number of hydrogen-bond donors (Lipinski definition) is 0. The third-order valence-electron chi connectivity index (χ3n) is 2.94. The van der Waals surface area contributed by atoms with Crippen molar-refractivity contribution in [2.75, 3.05) is 14.2 Å². The van der Waals surface area contributed by atoms with Gasteiger partial charge in [-0.3, -0.25) is 9.36 Å². The summed E-state index contributed by atoms with van der Waals surface area (Å²) in [5.74, 6) is 0.654. The molecule has 5 nitrogen and oxygen atoms in total. The highest BCUT2D eigenvalue weighted by Crippen LogP contribution is 2.28. The average molecular weight is 270 g/mol. The van der Waals surface area contributed by atoms with Crippen molar-refractivity contribution in [3.8, 4) is 23.1 Å². The molecule has 0 aliphatic rings. The van der Waals surface area contributed by atoms with Gasteiger partial charge in [0.15, 0.2) is 0 Å². The molecule has 2 rings (SSSR count). The Morgan fingerprint density at radius 3 is 2.60 bits per heavy atom. The summed E-state index contributed by atoms with van der Waals surface area (Å²) in [7, 11) is 3.07. The number of rotatable bonds is 4. The van der Waals surface area contributed by atoms with Gasteiger partial charge in [-0.1, -0.05) is 12.1 Å². The van der Waals surface area contributed by atoms with Crippen molar-refractivity contribution in [2.24, 2.45) is 0 Å². The molecule has 0 unspecified atom stereocenters. The molecule has 0 saturated carbocycles. The fourth-order valence-corrected chi connectivity index (χ4v) is 2.01. The SMILES string of the molecule is COCn1c(-c2ccccc2OC)ccc(C#N)c1=O. The molecule has 2 aromatic rings. The predicted molar refractivity (Wildman–Crippen MR) is 74.4 cm³/mol. The number of pyridine rings is 1. The zero-order valence-electron chi connectivity index (χ0n) is 11.3. The van der Waals surface area contributed by atoms with Crippen LogP contribution in [0.1, 0.15) is 5.56 Å². The molecular formula is C15H14N2O3. The molecule has 20 heavy (non-hydrogen) atoms. The fourth-order valence-electron chi connectivity index (χ4n) is 2.01. The number of para-hydroxylation sites is 1. The molecule has 5 heteroatoms. The molecule has 0 saturated heterocycles. The van der Waals surface area contributed by atoms with Gasteiger partial charge in [-0.15, -0.1) is 0 Å². The third-order valence-corrected chi connectivity index (χ3v) is 2.94. The summed E-state index contributed by atoms with van der Waals surface area (Å²) in [6, 6.07) is 12.5. The Kier molecular flexibility index (Phi) is 4.18. The lowest BCUT2D eigenvalue weighted by Crippen LogP contribution is -2.24. The highest BCUT2D eigenvalue weighted by Gasteiger charge is 2.13. The monoisotopic (exact) mass is 270 g/mol. The molecule has 102 valence electrons. The first kappa shape index (κ1) is 13.8. The Morgan fingerprint density at radius 2 is 1.95 bits per heavy atom. The fraction of sp³-hybridized carbons (Fsp3) is 0.200. The maximum atomic E-state index is 12.2. The van der Waals surface area contributed by atoms with E-state index in [1.165, 1.54) is 17.7 Å². The van der Waals surface area contributed by atoms with E-state index in [1.54, 1.807) is 13.2 Å². The smallest absolute Gasteiger partial charge is 0.270 e. The van der Waals surface area contributed by atoms with Crippen molar-refractivity contribution in [3.63, 3.8) is 0 Å². The molecule has 0 N–H and O–H groups in total. The highest BCUT2D eigenvalue weighted by atomic mass is 16.5. The topological polar surface area (TPSA) is 64.2 Å². The second kappa shape index (κ2) is 6.04. The average Bonchev–Trinajstić information content (AvgIpc) is 2.49. The summed E-state index contributed by atoms with van der Waals surface area (Å²) in [6.07, 6.45) is 0. The Bertz CT molecular complexity index is 714.